The molecule has 0 spiro atoms. The van der Waals surface area contributed by atoms with Crippen LogP contribution in [-0.2, 0) is 4.79 Å². The molecule has 3 heteroatoms. The highest BCUT2D eigenvalue weighted by atomic mass is 16.2. The van der Waals surface area contributed by atoms with Crippen molar-refractivity contribution < 1.29 is 4.79 Å². The third kappa shape index (κ3) is 2.99. The van der Waals surface area contributed by atoms with E-state index in [1.807, 2.05) is 13.8 Å². The summed E-state index contributed by atoms with van der Waals surface area (Å²) in [5, 5.41) is 3.39. The van der Waals surface area contributed by atoms with Gasteiger partial charge in [0.1, 0.15) is 0 Å². The lowest BCUT2D eigenvalue weighted by atomic mass is 9.92. The van der Waals surface area contributed by atoms with Gasteiger partial charge in [0, 0.05) is 26.7 Å². The lowest BCUT2D eigenvalue weighted by Crippen LogP contribution is -2.43. The number of nitrogens with one attached hydrogen (secondary N) is 1. The molecule has 0 aliphatic heterocycles. The van der Waals surface area contributed by atoms with Gasteiger partial charge in [-0.3, -0.25) is 4.79 Å². The summed E-state index contributed by atoms with van der Waals surface area (Å²) in [6.45, 7) is 4.77. The highest BCUT2D eigenvalue weighted by molar-refractivity contribution is 5.81. The van der Waals surface area contributed by atoms with Crippen molar-refractivity contribution in [3.8, 4) is 0 Å². The van der Waals surface area contributed by atoms with Gasteiger partial charge in [-0.1, -0.05) is 0 Å². The number of carbonyl (C=O) groups is 1. The summed E-state index contributed by atoms with van der Waals surface area (Å²) < 4.78 is 0. The molecular weight excluding hydrogens is 164 g/mol. The summed E-state index contributed by atoms with van der Waals surface area (Å²) in [6.07, 6.45) is 2.54. The molecule has 0 unspecified atom stereocenters. The summed E-state index contributed by atoms with van der Waals surface area (Å²) >= 11 is 0. The van der Waals surface area contributed by atoms with Crippen molar-refractivity contribution in [2.45, 2.75) is 32.7 Å². The van der Waals surface area contributed by atoms with Crippen molar-refractivity contribution in [3.05, 3.63) is 0 Å². The second-order valence-corrected chi connectivity index (χ2v) is 4.74. The number of carbonyl (C=O) groups excluding carboxylic acids is 1. The largest absolute Gasteiger partial charge is 0.348 e. The van der Waals surface area contributed by atoms with Crippen molar-refractivity contribution in [2.75, 3.05) is 20.6 Å². The third-order valence-corrected chi connectivity index (χ3v) is 2.40. The molecule has 1 amide bonds. The molecule has 0 radical (unpaired) electrons. The average molecular weight is 184 g/mol. The minimum atomic E-state index is -0.272. The van der Waals surface area contributed by atoms with Crippen molar-refractivity contribution >= 4 is 5.91 Å². The average Bonchev–Trinajstić information content (AvgIpc) is 2.82. The first-order valence-electron chi connectivity index (χ1n) is 4.88. The van der Waals surface area contributed by atoms with Crippen LogP contribution in [0.4, 0.5) is 0 Å². The fraction of sp³-hybridized carbons (Fsp3) is 0.900. The van der Waals surface area contributed by atoms with E-state index >= 15 is 0 Å². The monoisotopic (exact) mass is 184 g/mol. The Morgan fingerprint density at radius 3 is 2.38 bits per heavy atom. The molecule has 1 rings (SSSR count). The van der Waals surface area contributed by atoms with Crippen LogP contribution in [0.5, 0.6) is 0 Å². The number of amides is 1. The smallest absolute Gasteiger partial charge is 0.228 e. The molecule has 1 N–H and O–H groups in total. The lowest BCUT2D eigenvalue weighted by molar-refractivity contribution is -0.137. The molecular formula is C10H20N2O. The summed E-state index contributed by atoms with van der Waals surface area (Å²) in [5.41, 5.74) is -0.272. The Hall–Kier alpha value is -0.570. The maximum atomic E-state index is 11.7. The van der Waals surface area contributed by atoms with E-state index in [1.165, 1.54) is 12.8 Å². The topological polar surface area (TPSA) is 32.3 Å². The molecule has 0 aromatic heterocycles. The van der Waals surface area contributed by atoms with Gasteiger partial charge in [-0.05, 0) is 26.7 Å². The van der Waals surface area contributed by atoms with Gasteiger partial charge in [0.25, 0.3) is 0 Å². The zero-order valence-corrected chi connectivity index (χ0v) is 9.05. The summed E-state index contributed by atoms with van der Waals surface area (Å²) in [4.78, 5) is 13.3. The molecule has 0 heterocycles. The normalized spacial score (nSPS) is 17.2. The van der Waals surface area contributed by atoms with E-state index < -0.39 is 0 Å². The van der Waals surface area contributed by atoms with Crippen molar-refractivity contribution in [2.24, 2.45) is 5.41 Å². The van der Waals surface area contributed by atoms with Gasteiger partial charge in [-0.25, -0.2) is 0 Å². The molecule has 76 valence electrons. The quantitative estimate of drug-likeness (QED) is 0.702. The summed E-state index contributed by atoms with van der Waals surface area (Å²) in [7, 11) is 3.61. The van der Waals surface area contributed by atoms with Crippen LogP contribution in [0.15, 0.2) is 0 Å². The van der Waals surface area contributed by atoms with Gasteiger partial charge >= 0.3 is 0 Å². The highest BCUT2D eigenvalue weighted by Crippen LogP contribution is 2.22. The minimum Gasteiger partial charge on any atom is -0.348 e. The first-order chi connectivity index (χ1) is 5.93. The molecule has 0 saturated heterocycles. The SMILES string of the molecule is CN(C)C(=O)C(C)(C)CNC1CC1. The van der Waals surface area contributed by atoms with Crippen LogP contribution in [0.2, 0.25) is 0 Å². The molecule has 1 saturated carbocycles. The fourth-order valence-electron chi connectivity index (χ4n) is 1.37. The number of hydrogen-bond donors (Lipinski definition) is 1. The van der Waals surface area contributed by atoms with E-state index in [-0.39, 0.29) is 11.3 Å². The van der Waals surface area contributed by atoms with Gasteiger partial charge in [-0.2, -0.15) is 0 Å². The van der Waals surface area contributed by atoms with Crippen LogP contribution >= 0.6 is 0 Å². The Labute approximate surface area is 80.5 Å². The molecule has 0 atom stereocenters. The van der Waals surface area contributed by atoms with Crippen LogP contribution in [-0.4, -0.2) is 37.5 Å². The second kappa shape index (κ2) is 3.66. The van der Waals surface area contributed by atoms with Crippen molar-refractivity contribution in [1.82, 2.24) is 10.2 Å². The molecule has 0 bridgehead atoms. The van der Waals surface area contributed by atoms with Crippen LogP contribution in [0, 0.1) is 5.41 Å². The zero-order valence-electron chi connectivity index (χ0n) is 9.05. The van der Waals surface area contributed by atoms with Crippen LogP contribution in [0.25, 0.3) is 0 Å². The van der Waals surface area contributed by atoms with Gasteiger partial charge in [-0.15, -0.1) is 0 Å². The van der Waals surface area contributed by atoms with E-state index in [0.29, 0.717) is 6.04 Å². The van der Waals surface area contributed by atoms with E-state index in [2.05, 4.69) is 5.32 Å². The van der Waals surface area contributed by atoms with E-state index in [4.69, 9.17) is 0 Å². The first-order valence-corrected chi connectivity index (χ1v) is 4.88. The Morgan fingerprint density at radius 2 is 2.00 bits per heavy atom. The first kappa shape index (κ1) is 10.5. The molecule has 0 aromatic rings. The van der Waals surface area contributed by atoms with E-state index in [1.54, 1.807) is 19.0 Å². The summed E-state index contributed by atoms with van der Waals surface area (Å²) in [6, 6.07) is 0.675. The number of hydrogen-bond acceptors (Lipinski definition) is 2. The molecule has 1 aliphatic rings. The lowest BCUT2D eigenvalue weighted by Gasteiger charge is -2.27. The molecule has 3 nitrogen and oxygen atoms in total. The van der Waals surface area contributed by atoms with Crippen molar-refractivity contribution in [3.63, 3.8) is 0 Å². The third-order valence-electron chi connectivity index (χ3n) is 2.40. The number of nitrogens with zero attached hydrogens (tertiary/aromatic N) is 1. The predicted molar refractivity (Wildman–Crippen MR) is 53.5 cm³/mol. The number of rotatable bonds is 4. The van der Waals surface area contributed by atoms with E-state index in [9.17, 15) is 4.79 Å². The zero-order chi connectivity index (χ0) is 10.1. The van der Waals surface area contributed by atoms with Gasteiger partial charge in [0.15, 0.2) is 0 Å². The Kier molecular flexibility index (Phi) is 2.96. The van der Waals surface area contributed by atoms with E-state index in [0.717, 1.165) is 6.54 Å². The molecule has 1 aliphatic carbocycles. The van der Waals surface area contributed by atoms with Gasteiger partial charge < -0.3 is 10.2 Å². The van der Waals surface area contributed by atoms with Gasteiger partial charge in [0.05, 0.1) is 5.41 Å². The maximum Gasteiger partial charge on any atom is 0.228 e. The second-order valence-electron chi connectivity index (χ2n) is 4.74. The van der Waals surface area contributed by atoms with Crippen LogP contribution < -0.4 is 5.32 Å². The van der Waals surface area contributed by atoms with Crippen LogP contribution in [0.1, 0.15) is 26.7 Å². The molecule has 0 aromatic carbocycles. The predicted octanol–water partition coefficient (Wildman–Crippen LogP) is 0.853. The highest BCUT2D eigenvalue weighted by Gasteiger charge is 2.31. The standard InChI is InChI=1S/C10H20N2O/c1-10(2,9(13)12(3)4)7-11-8-5-6-8/h8,11H,5-7H2,1-4H3. The van der Waals surface area contributed by atoms with Gasteiger partial charge in [0.2, 0.25) is 5.91 Å². The molecule has 13 heavy (non-hydrogen) atoms. The fourth-order valence-corrected chi connectivity index (χ4v) is 1.37. The Morgan fingerprint density at radius 1 is 1.46 bits per heavy atom. The molecule has 1 fully saturated rings. The Bertz CT molecular complexity index is 195. The maximum absolute atomic E-state index is 11.7. The Balaban J connectivity index is 2.37. The van der Waals surface area contributed by atoms with Crippen LogP contribution in [0.3, 0.4) is 0 Å². The van der Waals surface area contributed by atoms with Crippen molar-refractivity contribution in [1.29, 1.82) is 0 Å². The summed E-state index contributed by atoms with van der Waals surface area (Å²) in [5.74, 6) is 0.195. The minimum absolute atomic E-state index is 0.195.